The molecule has 0 spiro atoms. The van der Waals surface area contributed by atoms with E-state index >= 15 is 0 Å². The Labute approximate surface area is 107 Å². The standard InChI is InChI=1S/C12H9O.3CH3.Sn/c1-3-7-11(8-4-1)13-12-9-5-2-6-10-12;;;;/h1,3-10H;3*1H3;. The number of benzene rings is 2. The van der Waals surface area contributed by atoms with Gasteiger partial charge in [0.1, 0.15) is 0 Å². The predicted octanol–water partition coefficient (Wildman–Crippen LogP) is 4.02. The number of para-hydroxylation sites is 1. The fraction of sp³-hybridized carbons (Fsp3) is 0.200. The van der Waals surface area contributed by atoms with Crippen LogP contribution in [0.15, 0.2) is 54.6 Å². The van der Waals surface area contributed by atoms with Gasteiger partial charge in [0.15, 0.2) is 0 Å². The van der Waals surface area contributed by atoms with Crippen molar-refractivity contribution in [3.8, 4) is 11.5 Å². The van der Waals surface area contributed by atoms with Crippen LogP contribution in [-0.4, -0.2) is 18.4 Å². The molecule has 2 aromatic rings. The summed E-state index contributed by atoms with van der Waals surface area (Å²) in [7, 11) is 0. The van der Waals surface area contributed by atoms with Gasteiger partial charge >= 0.3 is 108 Å². The molecule has 0 aliphatic rings. The van der Waals surface area contributed by atoms with Gasteiger partial charge in [-0.25, -0.2) is 0 Å². The quantitative estimate of drug-likeness (QED) is 0.771. The molecule has 0 unspecified atom stereocenters. The van der Waals surface area contributed by atoms with E-state index in [0.29, 0.717) is 0 Å². The van der Waals surface area contributed by atoms with Gasteiger partial charge in [-0.15, -0.1) is 0 Å². The van der Waals surface area contributed by atoms with Gasteiger partial charge in [0.25, 0.3) is 0 Å². The van der Waals surface area contributed by atoms with E-state index in [1.165, 1.54) is 3.58 Å². The van der Waals surface area contributed by atoms with Crippen LogP contribution >= 0.6 is 0 Å². The van der Waals surface area contributed by atoms with E-state index in [1.807, 2.05) is 30.3 Å². The molecule has 88 valence electrons. The van der Waals surface area contributed by atoms with Gasteiger partial charge in [-0.1, -0.05) is 0 Å². The molecule has 2 aromatic carbocycles. The topological polar surface area (TPSA) is 9.23 Å². The number of ether oxygens (including phenoxy) is 1. The molecule has 0 radical (unpaired) electrons. The first-order valence-electron chi connectivity index (χ1n) is 5.89. The van der Waals surface area contributed by atoms with Crippen LogP contribution in [-0.2, 0) is 0 Å². The first-order valence-corrected chi connectivity index (χ1v) is 15.9. The second kappa shape index (κ2) is 5.13. The monoisotopic (exact) mass is 334 g/mol. The summed E-state index contributed by atoms with van der Waals surface area (Å²) in [5.41, 5.74) is 0. The maximum absolute atomic E-state index is 5.77. The van der Waals surface area contributed by atoms with Crippen molar-refractivity contribution in [2.75, 3.05) is 0 Å². The molecule has 0 bridgehead atoms. The van der Waals surface area contributed by atoms with Crippen molar-refractivity contribution in [1.82, 2.24) is 0 Å². The summed E-state index contributed by atoms with van der Waals surface area (Å²) in [5.74, 6) is 1.80. The predicted molar refractivity (Wildman–Crippen MR) is 75.9 cm³/mol. The third kappa shape index (κ3) is 3.50. The van der Waals surface area contributed by atoms with Gasteiger partial charge in [0.2, 0.25) is 0 Å². The average molecular weight is 333 g/mol. The van der Waals surface area contributed by atoms with Crippen LogP contribution in [0.1, 0.15) is 0 Å². The molecule has 0 aliphatic heterocycles. The van der Waals surface area contributed by atoms with E-state index in [4.69, 9.17) is 4.74 Å². The second-order valence-corrected chi connectivity index (χ2v) is 19.7. The Morgan fingerprint density at radius 1 is 0.706 bits per heavy atom. The molecule has 0 aliphatic carbocycles. The number of hydrogen-bond acceptors (Lipinski definition) is 1. The number of hydrogen-bond donors (Lipinski definition) is 0. The Hall–Kier alpha value is -0.961. The van der Waals surface area contributed by atoms with E-state index in [2.05, 4.69) is 39.1 Å². The minimum absolute atomic E-state index is 0.888. The van der Waals surface area contributed by atoms with Crippen molar-refractivity contribution in [1.29, 1.82) is 0 Å². The maximum atomic E-state index is 5.77. The van der Waals surface area contributed by atoms with Crippen LogP contribution in [0.3, 0.4) is 0 Å². The third-order valence-corrected chi connectivity index (χ3v) is 8.59. The molecule has 0 saturated carbocycles. The van der Waals surface area contributed by atoms with Crippen molar-refractivity contribution < 1.29 is 4.74 Å². The summed E-state index contributed by atoms with van der Waals surface area (Å²) in [6.45, 7) is 0. The molecule has 0 atom stereocenters. The van der Waals surface area contributed by atoms with E-state index in [0.717, 1.165) is 11.5 Å². The van der Waals surface area contributed by atoms with E-state index < -0.39 is 18.4 Å². The molecule has 0 amide bonds. The fourth-order valence-electron chi connectivity index (χ4n) is 1.65. The van der Waals surface area contributed by atoms with E-state index in [9.17, 15) is 0 Å². The Balaban J connectivity index is 2.14. The van der Waals surface area contributed by atoms with Crippen molar-refractivity contribution in [2.45, 2.75) is 14.8 Å². The molecule has 0 heterocycles. The fourth-order valence-corrected chi connectivity index (χ4v) is 4.98. The molecule has 2 rings (SSSR count). The van der Waals surface area contributed by atoms with Gasteiger partial charge < -0.3 is 0 Å². The second-order valence-electron chi connectivity index (χ2n) is 5.19. The van der Waals surface area contributed by atoms with Gasteiger partial charge in [-0.05, 0) is 0 Å². The Kier molecular flexibility index (Phi) is 3.77. The summed E-state index contributed by atoms with van der Waals surface area (Å²) in [5, 5.41) is 0. The zero-order valence-corrected chi connectivity index (χ0v) is 13.5. The van der Waals surface area contributed by atoms with Gasteiger partial charge in [0.05, 0.1) is 0 Å². The molecule has 0 fully saturated rings. The number of rotatable bonds is 3. The van der Waals surface area contributed by atoms with Crippen molar-refractivity contribution in [3.05, 3.63) is 54.6 Å². The average Bonchev–Trinajstić information content (AvgIpc) is 2.30. The summed E-state index contributed by atoms with van der Waals surface area (Å²) in [6.07, 6.45) is 0. The molecule has 0 saturated heterocycles. The SMILES string of the molecule is [CH3][Sn]([CH3])([CH3])[c]1ccc(Oc2ccccc2)cc1. The van der Waals surface area contributed by atoms with Crippen molar-refractivity contribution in [2.24, 2.45) is 0 Å². The summed E-state index contributed by atoms with van der Waals surface area (Å²) < 4.78 is 7.30. The van der Waals surface area contributed by atoms with E-state index in [-0.39, 0.29) is 0 Å². The summed E-state index contributed by atoms with van der Waals surface area (Å²) in [6, 6.07) is 18.5. The zero-order chi connectivity index (χ0) is 12.3. The van der Waals surface area contributed by atoms with Crippen LogP contribution in [0.4, 0.5) is 0 Å². The molecule has 2 heteroatoms. The van der Waals surface area contributed by atoms with Crippen LogP contribution in [0, 0.1) is 0 Å². The van der Waals surface area contributed by atoms with Crippen molar-refractivity contribution >= 4 is 22.0 Å². The minimum atomic E-state index is -1.92. The first kappa shape index (κ1) is 12.5. The molecule has 1 nitrogen and oxygen atoms in total. The Bertz CT molecular complexity index is 469. The van der Waals surface area contributed by atoms with Crippen LogP contribution in [0.25, 0.3) is 0 Å². The Morgan fingerprint density at radius 3 is 1.76 bits per heavy atom. The van der Waals surface area contributed by atoms with Crippen LogP contribution < -0.4 is 8.32 Å². The van der Waals surface area contributed by atoms with Gasteiger partial charge in [-0.2, -0.15) is 0 Å². The normalized spacial score (nSPS) is 11.2. The summed E-state index contributed by atoms with van der Waals surface area (Å²) in [4.78, 5) is 7.26. The summed E-state index contributed by atoms with van der Waals surface area (Å²) >= 11 is -1.92. The van der Waals surface area contributed by atoms with Gasteiger partial charge in [-0.3, -0.25) is 0 Å². The molecular weight excluding hydrogens is 315 g/mol. The molecule has 0 N–H and O–H groups in total. The van der Waals surface area contributed by atoms with Gasteiger partial charge in [0, 0.05) is 0 Å². The molecular formula is C15H18OSn. The Morgan fingerprint density at radius 2 is 1.24 bits per heavy atom. The molecule has 17 heavy (non-hydrogen) atoms. The first-order chi connectivity index (χ1) is 8.05. The van der Waals surface area contributed by atoms with Crippen molar-refractivity contribution in [3.63, 3.8) is 0 Å². The zero-order valence-electron chi connectivity index (χ0n) is 10.6. The molecule has 0 aromatic heterocycles. The van der Waals surface area contributed by atoms with Crippen LogP contribution in [0.2, 0.25) is 14.8 Å². The van der Waals surface area contributed by atoms with Crippen LogP contribution in [0.5, 0.6) is 11.5 Å². The van der Waals surface area contributed by atoms with E-state index in [1.54, 1.807) is 0 Å². The third-order valence-electron chi connectivity index (χ3n) is 2.70.